The van der Waals surface area contributed by atoms with Gasteiger partial charge in [-0.2, -0.15) is 0 Å². The molecule has 0 aromatic carbocycles. The second-order valence-electron chi connectivity index (χ2n) is 4.89. The first-order chi connectivity index (χ1) is 8.40. The Labute approximate surface area is 110 Å². The van der Waals surface area contributed by atoms with Crippen molar-refractivity contribution in [1.82, 2.24) is 9.62 Å². The molecule has 6 heteroatoms. The number of nitrogens with one attached hydrogen (secondary N) is 1. The van der Waals surface area contributed by atoms with E-state index in [-0.39, 0.29) is 23.6 Å². The lowest BCUT2D eigenvalue weighted by Gasteiger charge is -2.31. The van der Waals surface area contributed by atoms with E-state index in [1.807, 2.05) is 13.8 Å². The van der Waals surface area contributed by atoms with Crippen molar-refractivity contribution in [1.29, 1.82) is 0 Å². The molecule has 1 rings (SSSR count). The molecule has 106 valence electrons. The molecule has 0 aromatic rings. The van der Waals surface area contributed by atoms with Crippen LogP contribution >= 0.6 is 0 Å². The molecule has 1 fully saturated rings. The van der Waals surface area contributed by atoms with Crippen LogP contribution in [0.1, 0.15) is 40.0 Å². The van der Waals surface area contributed by atoms with Gasteiger partial charge < -0.3 is 5.32 Å². The van der Waals surface area contributed by atoms with E-state index in [4.69, 9.17) is 0 Å². The Balaban J connectivity index is 2.43. The summed E-state index contributed by atoms with van der Waals surface area (Å²) in [4.78, 5) is 11.7. The molecule has 1 amide bonds. The van der Waals surface area contributed by atoms with Gasteiger partial charge >= 0.3 is 0 Å². The lowest BCUT2D eigenvalue weighted by atomic mass is 10.0. The molecule has 5 nitrogen and oxygen atoms in total. The highest BCUT2D eigenvalue weighted by molar-refractivity contribution is 7.89. The molecule has 0 aliphatic carbocycles. The van der Waals surface area contributed by atoms with Gasteiger partial charge in [0.15, 0.2) is 0 Å². The van der Waals surface area contributed by atoms with Crippen LogP contribution < -0.4 is 5.32 Å². The number of rotatable bonds is 5. The summed E-state index contributed by atoms with van der Waals surface area (Å²) in [6.45, 7) is 6.59. The highest BCUT2D eigenvalue weighted by atomic mass is 32.2. The molecule has 0 bridgehead atoms. The van der Waals surface area contributed by atoms with Crippen LogP contribution in [0.25, 0.3) is 0 Å². The van der Waals surface area contributed by atoms with Crippen LogP contribution in [0.3, 0.4) is 0 Å². The lowest BCUT2D eigenvalue weighted by Crippen LogP contribution is -2.47. The van der Waals surface area contributed by atoms with Gasteiger partial charge in [0.1, 0.15) is 0 Å². The van der Waals surface area contributed by atoms with Crippen LogP contribution in [0.15, 0.2) is 0 Å². The maximum Gasteiger partial charge on any atom is 0.223 e. The molecule has 0 aromatic heterocycles. The topological polar surface area (TPSA) is 66.5 Å². The van der Waals surface area contributed by atoms with Crippen LogP contribution in [-0.4, -0.2) is 43.5 Å². The molecular weight excluding hydrogens is 252 g/mol. The van der Waals surface area contributed by atoms with E-state index < -0.39 is 10.0 Å². The minimum atomic E-state index is -3.07. The minimum Gasteiger partial charge on any atom is -0.353 e. The van der Waals surface area contributed by atoms with Gasteiger partial charge in [0, 0.05) is 25.0 Å². The second-order valence-corrected chi connectivity index (χ2v) is 7.15. The average molecular weight is 276 g/mol. The molecule has 0 radical (unpaired) electrons. The molecular formula is C12H24N2O3S. The smallest absolute Gasteiger partial charge is 0.223 e. The van der Waals surface area contributed by atoms with Crippen molar-refractivity contribution in [3.63, 3.8) is 0 Å². The molecule has 18 heavy (non-hydrogen) atoms. The van der Waals surface area contributed by atoms with Crippen molar-refractivity contribution in [2.75, 3.05) is 18.8 Å². The number of carbonyl (C=O) groups excluding carboxylic acids is 1. The first kappa shape index (κ1) is 15.4. The minimum absolute atomic E-state index is 0.0300. The summed E-state index contributed by atoms with van der Waals surface area (Å²) in [5.41, 5.74) is 0. The Hall–Kier alpha value is -0.620. The van der Waals surface area contributed by atoms with Crippen molar-refractivity contribution >= 4 is 15.9 Å². The number of nitrogens with zero attached hydrogens (tertiary/aromatic N) is 1. The zero-order valence-electron chi connectivity index (χ0n) is 11.5. The largest absolute Gasteiger partial charge is 0.353 e. The van der Waals surface area contributed by atoms with E-state index in [0.29, 0.717) is 25.9 Å². The van der Waals surface area contributed by atoms with Crippen LogP contribution in [-0.2, 0) is 14.8 Å². The SMILES string of the molecule is CC[C@@H](C)C(=O)NC1CCN(S(=O)(=O)CC)CC1. The van der Waals surface area contributed by atoms with E-state index in [2.05, 4.69) is 5.32 Å². The standard InChI is InChI=1S/C12H24N2O3S/c1-4-10(3)12(15)13-11-6-8-14(9-7-11)18(16,17)5-2/h10-11H,4-9H2,1-3H3,(H,13,15)/t10-/m1/s1. The first-order valence-electron chi connectivity index (χ1n) is 6.68. The second kappa shape index (κ2) is 6.52. The van der Waals surface area contributed by atoms with Crippen molar-refractivity contribution < 1.29 is 13.2 Å². The third kappa shape index (κ3) is 3.95. The maximum atomic E-state index is 11.7. The zero-order valence-corrected chi connectivity index (χ0v) is 12.3. The molecule has 0 spiro atoms. The number of sulfonamides is 1. The number of carbonyl (C=O) groups is 1. The van der Waals surface area contributed by atoms with Crippen molar-refractivity contribution in [2.24, 2.45) is 5.92 Å². The van der Waals surface area contributed by atoms with Crippen molar-refractivity contribution in [3.8, 4) is 0 Å². The van der Waals surface area contributed by atoms with Crippen molar-refractivity contribution in [2.45, 2.75) is 46.1 Å². The van der Waals surface area contributed by atoms with Gasteiger partial charge in [0.2, 0.25) is 15.9 Å². The van der Waals surface area contributed by atoms with Crippen LogP contribution in [0, 0.1) is 5.92 Å². The molecule has 0 saturated carbocycles. The Morgan fingerprint density at radius 3 is 2.33 bits per heavy atom. The summed E-state index contributed by atoms with van der Waals surface area (Å²) < 4.78 is 24.9. The predicted molar refractivity (Wildman–Crippen MR) is 71.7 cm³/mol. The highest BCUT2D eigenvalue weighted by Crippen LogP contribution is 2.15. The normalized spacial score (nSPS) is 20.6. The quantitative estimate of drug-likeness (QED) is 0.813. The lowest BCUT2D eigenvalue weighted by molar-refractivity contribution is -0.125. The summed E-state index contributed by atoms with van der Waals surface area (Å²) in [6, 6.07) is 0.120. The van der Waals surface area contributed by atoms with Gasteiger partial charge in [-0.05, 0) is 26.2 Å². The van der Waals surface area contributed by atoms with E-state index >= 15 is 0 Å². The van der Waals surface area contributed by atoms with Crippen LogP contribution in [0.2, 0.25) is 0 Å². The van der Waals surface area contributed by atoms with E-state index in [0.717, 1.165) is 6.42 Å². The number of piperidine rings is 1. The van der Waals surface area contributed by atoms with Crippen LogP contribution in [0.4, 0.5) is 0 Å². The number of amides is 1. The van der Waals surface area contributed by atoms with Gasteiger partial charge in [-0.15, -0.1) is 0 Å². The molecule has 1 atom stereocenters. The summed E-state index contributed by atoms with van der Waals surface area (Å²) in [7, 11) is -3.07. The van der Waals surface area contributed by atoms with Gasteiger partial charge in [-0.3, -0.25) is 4.79 Å². The van der Waals surface area contributed by atoms with Gasteiger partial charge in [-0.1, -0.05) is 13.8 Å². The number of hydrogen-bond acceptors (Lipinski definition) is 3. The van der Waals surface area contributed by atoms with E-state index in [1.165, 1.54) is 4.31 Å². The van der Waals surface area contributed by atoms with Crippen molar-refractivity contribution in [3.05, 3.63) is 0 Å². The maximum absolute atomic E-state index is 11.7. The first-order valence-corrected chi connectivity index (χ1v) is 8.29. The molecule has 1 aliphatic rings. The Morgan fingerprint density at radius 1 is 1.33 bits per heavy atom. The zero-order chi connectivity index (χ0) is 13.8. The molecule has 1 heterocycles. The van der Waals surface area contributed by atoms with Crippen LogP contribution in [0.5, 0.6) is 0 Å². The average Bonchev–Trinajstić information content (AvgIpc) is 2.38. The van der Waals surface area contributed by atoms with Gasteiger partial charge in [-0.25, -0.2) is 12.7 Å². The predicted octanol–water partition coefficient (Wildman–Crippen LogP) is 0.963. The summed E-state index contributed by atoms with van der Waals surface area (Å²) in [5, 5.41) is 3.00. The molecule has 1 saturated heterocycles. The fourth-order valence-electron chi connectivity index (χ4n) is 1.99. The van der Waals surface area contributed by atoms with Gasteiger partial charge in [0.25, 0.3) is 0 Å². The fraction of sp³-hybridized carbons (Fsp3) is 0.917. The molecule has 1 aliphatic heterocycles. The summed E-state index contributed by atoms with van der Waals surface area (Å²) >= 11 is 0. The van der Waals surface area contributed by atoms with E-state index in [1.54, 1.807) is 6.92 Å². The summed E-state index contributed by atoms with van der Waals surface area (Å²) in [5.74, 6) is 0.258. The Morgan fingerprint density at radius 2 is 1.89 bits per heavy atom. The Bertz CT molecular complexity index is 373. The van der Waals surface area contributed by atoms with E-state index in [9.17, 15) is 13.2 Å². The Kier molecular flexibility index (Phi) is 5.59. The third-order valence-corrected chi connectivity index (χ3v) is 5.50. The summed E-state index contributed by atoms with van der Waals surface area (Å²) in [6.07, 6.45) is 2.25. The fourth-order valence-corrected chi connectivity index (χ4v) is 3.12. The molecule has 1 N–H and O–H groups in total. The highest BCUT2D eigenvalue weighted by Gasteiger charge is 2.27. The number of hydrogen-bond donors (Lipinski definition) is 1. The monoisotopic (exact) mass is 276 g/mol. The van der Waals surface area contributed by atoms with Gasteiger partial charge in [0.05, 0.1) is 5.75 Å². The third-order valence-electron chi connectivity index (χ3n) is 3.62. The molecule has 0 unspecified atom stereocenters.